The van der Waals surface area contributed by atoms with E-state index in [-0.39, 0.29) is 18.0 Å². The van der Waals surface area contributed by atoms with E-state index >= 15 is 0 Å². The third kappa shape index (κ3) is 3.57. The smallest absolute Gasteiger partial charge is 0.168 e. The van der Waals surface area contributed by atoms with Gasteiger partial charge in [0.05, 0.1) is 7.11 Å². The minimum Gasteiger partial charge on any atom is -0.494 e. The van der Waals surface area contributed by atoms with Gasteiger partial charge in [0.1, 0.15) is 5.60 Å². The van der Waals surface area contributed by atoms with Crippen LogP contribution in [0.5, 0.6) is 5.75 Å². The molecular weight excluding hydrogens is 259 g/mol. The van der Waals surface area contributed by atoms with E-state index in [9.17, 15) is 9.18 Å². The summed E-state index contributed by atoms with van der Waals surface area (Å²) >= 11 is 0. The van der Waals surface area contributed by atoms with Crippen LogP contribution in [0.1, 0.15) is 39.2 Å². The zero-order chi connectivity index (χ0) is 15.2. The first-order chi connectivity index (χ1) is 9.52. The number of Topliss-reactive ketones (excluding diaryl/α,β-unsaturated/α-hetero) is 1. The molecule has 0 aromatic heterocycles. The molecule has 0 aliphatic rings. The molecule has 1 rings (SSSR count). The second-order valence-electron chi connectivity index (χ2n) is 4.70. The molecule has 0 fully saturated rings. The molecule has 0 spiro atoms. The third-order valence-electron chi connectivity index (χ3n) is 3.65. The van der Waals surface area contributed by atoms with Crippen LogP contribution in [0.15, 0.2) is 18.2 Å². The molecule has 0 N–H and O–H groups in total. The monoisotopic (exact) mass is 282 g/mol. The van der Waals surface area contributed by atoms with E-state index in [1.807, 2.05) is 20.8 Å². The number of rotatable bonds is 8. The lowest BCUT2D eigenvalue weighted by Gasteiger charge is -2.30. The summed E-state index contributed by atoms with van der Waals surface area (Å²) in [6.45, 7) is 6.24. The van der Waals surface area contributed by atoms with Crippen LogP contribution in [0.25, 0.3) is 0 Å². The predicted molar refractivity (Wildman–Crippen MR) is 76.6 cm³/mol. The first-order valence-corrected chi connectivity index (χ1v) is 7.02. The van der Waals surface area contributed by atoms with Gasteiger partial charge < -0.3 is 9.47 Å². The highest BCUT2D eigenvalue weighted by Crippen LogP contribution is 2.25. The number of hydrogen-bond donors (Lipinski definition) is 0. The third-order valence-corrected chi connectivity index (χ3v) is 3.65. The van der Waals surface area contributed by atoms with Gasteiger partial charge in [-0.25, -0.2) is 4.39 Å². The molecule has 0 atom stereocenters. The van der Waals surface area contributed by atoms with Crippen molar-refractivity contribution in [2.75, 3.05) is 13.7 Å². The number of benzene rings is 1. The fraction of sp³-hybridized carbons (Fsp3) is 0.562. The fourth-order valence-corrected chi connectivity index (χ4v) is 2.37. The van der Waals surface area contributed by atoms with Crippen molar-refractivity contribution >= 4 is 5.78 Å². The van der Waals surface area contributed by atoms with Crippen LogP contribution < -0.4 is 4.74 Å². The number of methoxy groups -OCH3 is 1. The topological polar surface area (TPSA) is 35.5 Å². The summed E-state index contributed by atoms with van der Waals surface area (Å²) in [4.78, 5) is 12.5. The maximum Gasteiger partial charge on any atom is 0.168 e. The Morgan fingerprint density at radius 3 is 2.35 bits per heavy atom. The highest BCUT2D eigenvalue weighted by atomic mass is 19.1. The van der Waals surface area contributed by atoms with Crippen molar-refractivity contribution < 1.29 is 18.7 Å². The zero-order valence-electron chi connectivity index (χ0n) is 12.7. The van der Waals surface area contributed by atoms with Crippen molar-refractivity contribution in [3.05, 3.63) is 29.6 Å². The molecule has 20 heavy (non-hydrogen) atoms. The second kappa shape index (κ2) is 7.39. The van der Waals surface area contributed by atoms with Crippen molar-refractivity contribution in [1.29, 1.82) is 0 Å². The van der Waals surface area contributed by atoms with Gasteiger partial charge >= 0.3 is 0 Å². The molecule has 0 radical (unpaired) electrons. The van der Waals surface area contributed by atoms with Crippen molar-refractivity contribution in [1.82, 2.24) is 0 Å². The van der Waals surface area contributed by atoms with E-state index in [4.69, 9.17) is 9.47 Å². The quantitative estimate of drug-likeness (QED) is 0.731. The lowest BCUT2D eigenvalue weighted by atomic mass is 9.88. The number of hydrogen-bond acceptors (Lipinski definition) is 3. The molecule has 4 heteroatoms. The molecule has 112 valence electrons. The van der Waals surface area contributed by atoms with Crippen molar-refractivity contribution in [2.45, 2.75) is 45.6 Å². The standard InChI is InChI=1S/C16H23FO3/c1-5-16(6-2,20-7-3)15(18)11-12-8-9-14(19-4)13(17)10-12/h8-10H,5-7,11H2,1-4H3. The first kappa shape index (κ1) is 16.6. The molecule has 1 aromatic carbocycles. The Morgan fingerprint density at radius 1 is 1.25 bits per heavy atom. The van der Waals surface area contributed by atoms with Gasteiger partial charge in [-0.05, 0) is 37.5 Å². The van der Waals surface area contributed by atoms with E-state index in [1.54, 1.807) is 6.07 Å². The van der Waals surface area contributed by atoms with Gasteiger partial charge in [0.2, 0.25) is 0 Å². The van der Waals surface area contributed by atoms with Crippen LogP contribution in [-0.2, 0) is 16.0 Å². The summed E-state index contributed by atoms with van der Waals surface area (Å²) in [6, 6.07) is 4.60. The molecule has 0 aliphatic carbocycles. The van der Waals surface area contributed by atoms with Gasteiger partial charge in [-0.3, -0.25) is 4.79 Å². The van der Waals surface area contributed by atoms with Crippen LogP contribution in [0, 0.1) is 5.82 Å². The van der Waals surface area contributed by atoms with Gasteiger partial charge in [-0.1, -0.05) is 19.9 Å². The second-order valence-corrected chi connectivity index (χ2v) is 4.70. The van der Waals surface area contributed by atoms with Gasteiger partial charge in [0.15, 0.2) is 17.3 Å². The Balaban J connectivity index is 2.90. The summed E-state index contributed by atoms with van der Waals surface area (Å²) in [5.41, 5.74) is -0.121. The SMILES string of the molecule is CCOC(CC)(CC)C(=O)Cc1ccc(OC)c(F)c1. The van der Waals surface area contributed by atoms with E-state index in [0.29, 0.717) is 25.0 Å². The fourth-order valence-electron chi connectivity index (χ4n) is 2.37. The summed E-state index contributed by atoms with van der Waals surface area (Å²) in [5, 5.41) is 0. The Labute approximate surface area is 120 Å². The molecule has 0 bridgehead atoms. The molecule has 0 aliphatic heterocycles. The number of ketones is 1. The number of halogens is 1. The molecule has 0 heterocycles. The Morgan fingerprint density at radius 2 is 1.90 bits per heavy atom. The normalized spacial score (nSPS) is 11.4. The van der Waals surface area contributed by atoms with Crippen LogP contribution in [-0.4, -0.2) is 25.1 Å². The minimum absolute atomic E-state index is 0.00563. The van der Waals surface area contributed by atoms with E-state index in [0.717, 1.165) is 0 Å². The Kier molecular flexibility index (Phi) is 6.14. The molecule has 0 unspecified atom stereocenters. The zero-order valence-corrected chi connectivity index (χ0v) is 12.7. The maximum absolute atomic E-state index is 13.6. The molecule has 0 saturated carbocycles. The first-order valence-electron chi connectivity index (χ1n) is 7.02. The van der Waals surface area contributed by atoms with Crippen LogP contribution in [0.2, 0.25) is 0 Å². The van der Waals surface area contributed by atoms with E-state index in [2.05, 4.69) is 0 Å². The molecule has 3 nitrogen and oxygen atoms in total. The minimum atomic E-state index is -0.759. The molecule has 0 saturated heterocycles. The highest BCUT2D eigenvalue weighted by Gasteiger charge is 2.34. The van der Waals surface area contributed by atoms with Crippen molar-refractivity contribution in [3.63, 3.8) is 0 Å². The van der Waals surface area contributed by atoms with E-state index < -0.39 is 11.4 Å². The lowest BCUT2D eigenvalue weighted by molar-refractivity contribution is -0.144. The van der Waals surface area contributed by atoms with E-state index in [1.165, 1.54) is 19.2 Å². The summed E-state index contributed by atoms with van der Waals surface area (Å²) in [5.74, 6) is -0.273. The average molecular weight is 282 g/mol. The maximum atomic E-state index is 13.6. The lowest BCUT2D eigenvalue weighted by Crippen LogP contribution is -2.41. The van der Waals surface area contributed by atoms with Crippen molar-refractivity contribution in [3.8, 4) is 5.75 Å². The van der Waals surface area contributed by atoms with Crippen molar-refractivity contribution in [2.24, 2.45) is 0 Å². The Bertz CT molecular complexity index is 453. The Hall–Kier alpha value is -1.42. The molecule has 1 aromatic rings. The van der Waals surface area contributed by atoms with Gasteiger partial charge in [0, 0.05) is 13.0 Å². The predicted octanol–water partition coefficient (Wildman–Crippen LogP) is 3.54. The summed E-state index contributed by atoms with van der Waals surface area (Å²) < 4.78 is 24.2. The summed E-state index contributed by atoms with van der Waals surface area (Å²) in [6.07, 6.45) is 1.41. The number of carbonyl (C=O) groups is 1. The van der Waals surface area contributed by atoms with Crippen LogP contribution in [0.4, 0.5) is 4.39 Å². The average Bonchev–Trinajstić information content (AvgIpc) is 2.45. The largest absolute Gasteiger partial charge is 0.494 e. The van der Waals surface area contributed by atoms with Crippen LogP contribution >= 0.6 is 0 Å². The molecular formula is C16H23FO3. The highest BCUT2D eigenvalue weighted by molar-refractivity contribution is 5.89. The number of ether oxygens (including phenoxy) is 2. The van der Waals surface area contributed by atoms with Gasteiger partial charge in [-0.15, -0.1) is 0 Å². The van der Waals surface area contributed by atoms with Gasteiger partial charge in [-0.2, -0.15) is 0 Å². The van der Waals surface area contributed by atoms with Crippen LogP contribution in [0.3, 0.4) is 0 Å². The molecule has 0 amide bonds. The summed E-state index contributed by atoms with van der Waals surface area (Å²) in [7, 11) is 1.41. The number of carbonyl (C=O) groups excluding carboxylic acids is 1. The van der Waals surface area contributed by atoms with Gasteiger partial charge in [0.25, 0.3) is 0 Å².